The van der Waals surface area contributed by atoms with Crippen LogP contribution in [-0.4, -0.2) is 45.5 Å². The van der Waals surface area contributed by atoms with Crippen molar-refractivity contribution in [2.75, 3.05) is 12.3 Å². The molecule has 1 fully saturated rings. The lowest BCUT2D eigenvalue weighted by Crippen LogP contribution is -2.32. The van der Waals surface area contributed by atoms with Gasteiger partial charge in [0.05, 0.1) is 10.7 Å². The fourth-order valence-corrected chi connectivity index (χ4v) is 3.34. The summed E-state index contributed by atoms with van der Waals surface area (Å²) in [6, 6.07) is 6.26. The molecule has 1 aliphatic heterocycles. The van der Waals surface area contributed by atoms with Crippen LogP contribution in [0.5, 0.6) is 5.75 Å². The Kier molecular flexibility index (Phi) is 4.67. The summed E-state index contributed by atoms with van der Waals surface area (Å²) < 4.78 is 30.4. The van der Waals surface area contributed by atoms with Crippen LogP contribution in [0.3, 0.4) is 0 Å². The van der Waals surface area contributed by atoms with Crippen LogP contribution in [0.1, 0.15) is 5.56 Å². The van der Waals surface area contributed by atoms with Gasteiger partial charge in [0.15, 0.2) is 0 Å². The Hall–Kier alpha value is -1.42. The van der Waals surface area contributed by atoms with E-state index in [0.29, 0.717) is 10.5 Å². The molecule has 0 unspecified atom stereocenters. The van der Waals surface area contributed by atoms with E-state index in [1.807, 2.05) is 0 Å². The first-order valence-electron chi connectivity index (χ1n) is 5.76. The molecule has 1 heterocycles. The monoisotopic (exact) mass is 345 g/mol. The highest BCUT2D eigenvalue weighted by Crippen LogP contribution is 2.32. The van der Waals surface area contributed by atoms with Gasteiger partial charge in [0.25, 0.3) is 16.0 Å². The predicted molar refractivity (Wildman–Crippen MR) is 84.4 cm³/mol. The van der Waals surface area contributed by atoms with Crippen LogP contribution < -0.4 is 0 Å². The van der Waals surface area contributed by atoms with E-state index in [-0.39, 0.29) is 16.6 Å². The number of carbonyl (C=O) groups is 1. The lowest BCUT2D eigenvalue weighted by molar-refractivity contribution is -0.121. The maximum atomic E-state index is 12.1. The SMILES string of the molecule is O=C1C(=Cc2ccc(O)cc2)SC(=S)N1CCS(=O)(=O)O. The van der Waals surface area contributed by atoms with Gasteiger partial charge in [-0.05, 0) is 23.8 Å². The molecule has 112 valence electrons. The number of hydrogen-bond donors (Lipinski definition) is 2. The molecule has 0 atom stereocenters. The Bertz CT molecular complexity index is 709. The van der Waals surface area contributed by atoms with E-state index in [4.69, 9.17) is 16.8 Å². The standard InChI is InChI=1S/C12H11NO5S3/c14-9-3-1-8(2-4-9)7-10-11(15)13(12(19)20-10)5-6-21(16,17)18/h1-4,7,14H,5-6H2,(H,16,17,18). The van der Waals surface area contributed by atoms with Gasteiger partial charge in [-0.25, -0.2) is 0 Å². The summed E-state index contributed by atoms with van der Waals surface area (Å²) in [5.41, 5.74) is 0.711. The van der Waals surface area contributed by atoms with Gasteiger partial charge in [0, 0.05) is 6.54 Å². The molecule has 0 aromatic heterocycles. The zero-order valence-corrected chi connectivity index (χ0v) is 13.0. The number of amides is 1. The van der Waals surface area contributed by atoms with Crippen molar-refractivity contribution in [1.82, 2.24) is 4.90 Å². The van der Waals surface area contributed by atoms with Crippen molar-refractivity contribution >= 4 is 50.4 Å². The lowest BCUT2D eigenvalue weighted by atomic mass is 10.2. The summed E-state index contributed by atoms with van der Waals surface area (Å²) >= 11 is 6.09. The van der Waals surface area contributed by atoms with Crippen LogP contribution >= 0.6 is 24.0 Å². The van der Waals surface area contributed by atoms with Crippen molar-refractivity contribution in [3.8, 4) is 5.75 Å². The number of carbonyl (C=O) groups excluding carboxylic acids is 1. The number of nitrogens with zero attached hydrogens (tertiary/aromatic N) is 1. The maximum absolute atomic E-state index is 12.1. The van der Waals surface area contributed by atoms with Crippen molar-refractivity contribution < 1.29 is 22.9 Å². The summed E-state index contributed by atoms with van der Waals surface area (Å²) in [7, 11) is -4.15. The lowest BCUT2D eigenvalue weighted by Gasteiger charge is -2.12. The molecule has 1 aromatic carbocycles. The van der Waals surface area contributed by atoms with Gasteiger partial charge in [-0.1, -0.05) is 36.1 Å². The van der Waals surface area contributed by atoms with E-state index in [1.54, 1.807) is 18.2 Å². The summed E-state index contributed by atoms with van der Waals surface area (Å²) in [6.07, 6.45) is 1.60. The van der Waals surface area contributed by atoms with Gasteiger partial charge in [-0.15, -0.1) is 0 Å². The Morgan fingerprint density at radius 2 is 1.90 bits per heavy atom. The molecular weight excluding hydrogens is 334 g/mol. The van der Waals surface area contributed by atoms with Crippen LogP contribution in [0.4, 0.5) is 0 Å². The minimum atomic E-state index is -4.15. The highest BCUT2D eigenvalue weighted by Gasteiger charge is 2.32. The Balaban J connectivity index is 2.15. The summed E-state index contributed by atoms with van der Waals surface area (Å²) in [5, 5.41) is 9.20. The fourth-order valence-electron chi connectivity index (χ4n) is 1.62. The van der Waals surface area contributed by atoms with Crippen LogP contribution in [0, 0.1) is 0 Å². The first-order valence-corrected chi connectivity index (χ1v) is 8.59. The van der Waals surface area contributed by atoms with Crippen molar-refractivity contribution in [3.63, 3.8) is 0 Å². The fraction of sp³-hybridized carbons (Fsp3) is 0.167. The van der Waals surface area contributed by atoms with E-state index < -0.39 is 21.8 Å². The largest absolute Gasteiger partial charge is 0.508 e. The Morgan fingerprint density at radius 1 is 1.29 bits per heavy atom. The second kappa shape index (κ2) is 6.14. The smallest absolute Gasteiger partial charge is 0.266 e. The number of rotatable bonds is 4. The minimum Gasteiger partial charge on any atom is -0.508 e. The molecule has 1 amide bonds. The first kappa shape index (κ1) is 16.0. The molecule has 0 bridgehead atoms. The van der Waals surface area contributed by atoms with Gasteiger partial charge in [-0.2, -0.15) is 8.42 Å². The van der Waals surface area contributed by atoms with Gasteiger partial charge < -0.3 is 5.11 Å². The molecule has 9 heteroatoms. The first-order chi connectivity index (χ1) is 9.76. The minimum absolute atomic E-state index is 0.118. The van der Waals surface area contributed by atoms with E-state index in [9.17, 15) is 18.3 Å². The van der Waals surface area contributed by atoms with Gasteiger partial charge in [0.2, 0.25) is 0 Å². The van der Waals surface area contributed by atoms with E-state index in [2.05, 4.69) is 0 Å². The Labute approximate surface area is 131 Å². The molecule has 21 heavy (non-hydrogen) atoms. The maximum Gasteiger partial charge on any atom is 0.266 e. The zero-order valence-electron chi connectivity index (χ0n) is 10.6. The quantitative estimate of drug-likeness (QED) is 0.485. The van der Waals surface area contributed by atoms with Gasteiger partial charge >= 0.3 is 0 Å². The average Bonchev–Trinajstić information content (AvgIpc) is 2.64. The molecule has 1 aromatic rings. The molecule has 2 rings (SSSR count). The normalized spacial score (nSPS) is 17.8. The summed E-state index contributed by atoms with van der Waals surface area (Å²) in [6.45, 7) is -0.184. The van der Waals surface area contributed by atoms with Crippen LogP contribution in [0.15, 0.2) is 29.2 Å². The summed E-state index contributed by atoms with van der Waals surface area (Å²) in [4.78, 5) is 13.6. The van der Waals surface area contributed by atoms with Crippen LogP contribution in [0.25, 0.3) is 6.08 Å². The highest BCUT2D eigenvalue weighted by molar-refractivity contribution is 8.26. The van der Waals surface area contributed by atoms with E-state index in [1.165, 1.54) is 12.1 Å². The number of thioether (sulfide) groups is 1. The van der Waals surface area contributed by atoms with Gasteiger partial charge in [0.1, 0.15) is 10.1 Å². The molecular formula is C12H11NO5S3. The highest BCUT2D eigenvalue weighted by atomic mass is 32.2. The molecule has 0 aliphatic carbocycles. The number of phenols is 1. The number of benzene rings is 1. The van der Waals surface area contributed by atoms with Crippen LogP contribution in [0.2, 0.25) is 0 Å². The van der Waals surface area contributed by atoms with Crippen molar-refractivity contribution in [3.05, 3.63) is 34.7 Å². The molecule has 1 aliphatic rings. The molecule has 0 radical (unpaired) electrons. The third-order valence-corrected chi connectivity index (χ3v) is 4.71. The predicted octanol–water partition coefficient (Wildman–Crippen LogP) is 1.48. The van der Waals surface area contributed by atoms with E-state index >= 15 is 0 Å². The zero-order chi connectivity index (χ0) is 15.6. The average molecular weight is 345 g/mol. The van der Waals surface area contributed by atoms with Crippen molar-refractivity contribution in [2.24, 2.45) is 0 Å². The molecule has 2 N–H and O–H groups in total. The topological polar surface area (TPSA) is 94.9 Å². The molecule has 6 nitrogen and oxygen atoms in total. The Morgan fingerprint density at radius 3 is 2.48 bits per heavy atom. The van der Waals surface area contributed by atoms with Crippen molar-refractivity contribution in [2.45, 2.75) is 0 Å². The second-order valence-corrected chi connectivity index (χ2v) is 7.46. The third-order valence-electron chi connectivity index (χ3n) is 2.64. The van der Waals surface area contributed by atoms with Gasteiger partial charge in [-0.3, -0.25) is 14.2 Å². The number of hydrogen-bond acceptors (Lipinski definition) is 6. The third kappa shape index (κ3) is 4.27. The molecule has 1 saturated heterocycles. The number of aromatic hydroxyl groups is 1. The number of thiocarbonyl (C=S) groups is 1. The summed E-state index contributed by atoms with van der Waals surface area (Å²) in [5.74, 6) is -0.846. The molecule has 0 spiro atoms. The van der Waals surface area contributed by atoms with E-state index in [0.717, 1.165) is 16.7 Å². The van der Waals surface area contributed by atoms with Crippen LogP contribution in [-0.2, 0) is 14.9 Å². The second-order valence-electron chi connectivity index (χ2n) is 4.21. The number of phenolic OH excluding ortho intramolecular Hbond substituents is 1. The molecule has 0 saturated carbocycles. The van der Waals surface area contributed by atoms with Crippen molar-refractivity contribution in [1.29, 1.82) is 0 Å².